The lowest BCUT2D eigenvalue weighted by atomic mass is 10.0. The summed E-state index contributed by atoms with van der Waals surface area (Å²) in [5, 5.41) is 0. The second kappa shape index (κ2) is 10.3. The Morgan fingerprint density at radius 2 is 1.63 bits per heavy atom. The van der Waals surface area contributed by atoms with E-state index in [1.807, 2.05) is 29.7 Å². The standard InChI is InChI=1S/C28H35N5O2/c1-21-8-7-11-26(22(21)2)32-19-31(13-12-30-14-16-35-17-15-30)20-33-27(34)25(23(3)29-28(32)33)18-24-9-5-4-6-10-24/h4-11H,12-20H2,1-3H3. The van der Waals surface area contributed by atoms with Gasteiger partial charge >= 0.3 is 0 Å². The number of rotatable bonds is 6. The zero-order valence-electron chi connectivity index (χ0n) is 21.0. The predicted octanol–water partition coefficient (Wildman–Crippen LogP) is 3.46. The second-order valence-electron chi connectivity index (χ2n) is 9.65. The maximum absolute atomic E-state index is 13.9. The molecule has 2 aromatic carbocycles. The van der Waals surface area contributed by atoms with Gasteiger partial charge in [-0.15, -0.1) is 0 Å². The van der Waals surface area contributed by atoms with E-state index in [1.165, 1.54) is 11.1 Å². The fraction of sp³-hybridized carbons (Fsp3) is 0.429. The van der Waals surface area contributed by atoms with Crippen LogP contribution in [0.2, 0.25) is 0 Å². The smallest absolute Gasteiger partial charge is 0.259 e. The van der Waals surface area contributed by atoms with Crippen LogP contribution in [0.3, 0.4) is 0 Å². The summed E-state index contributed by atoms with van der Waals surface area (Å²) < 4.78 is 7.38. The largest absolute Gasteiger partial charge is 0.379 e. The molecule has 1 aromatic heterocycles. The molecule has 184 valence electrons. The molecule has 2 aliphatic rings. The van der Waals surface area contributed by atoms with Crippen LogP contribution in [0.15, 0.2) is 53.3 Å². The third-order valence-electron chi connectivity index (χ3n) is 7.30. The van der Waals surface area contributed by atoms with Gasteiger partial charge in [0.05, 0.1) is 32.2 Å². The fourth-order valence-corrected chi connectivity index (χ4v) is 4.99. The minimum atomic E-state index is 0.0581. The monoisotopic (exact) mass is 473 g/mol. The zero-order valence-corrected chi connectivity index (χ0v) is 21.0. The molecule has 5 rings (SSSR count). The lowest BCUT2D eigenvalue weighted by molar-refractivity contribution is 0.0310. The van der Waals surface area contributed by atoms with Crippen molar-refractivity contribution < 1.29 is 4.74 Å². The predicted molar refractivity (Wildman–Crippen MR) is 139 cm³/mol. The van der Waals surface area contributed by atoms with Crippen molar-refractivity contribution in [2.24, 2.45) is 0 Å². The molecule has 0 unspecified atom stereocenters. The molecule has 0 saturated carbocycles. The van der Waals surface area contributed by atoms with Gasteiger partial charge in [0.2, 0.25) is 5.95 Å². The molecule has 1 fully saturated rings. The van der Waals surface area contributed by atoms with Gasteiger partial charge in [0, 0.05) is 43.9 Å². The number of aromatic nitrogens is 2. The van der Waals surface area contributed by atoms with E-state index < -0.39 is 0 Å². The highest BCUT2D eigenvalue weighted by molar-refractivity contribution is 5.64. The Morgan fingerprint density at radius 3 is 2.40 bits per heavy atom. The third kappa shape index (κ3) is 5.03. The second-order valence-corrected chi connectivity index (χ2v) is 9.65. The van der Waals surface area contributed by atoms with E-state index in [0.717, 1.165) is 67.8 Å². The van der Waals surface area contributed by atoms with E-state index in [9.17, 15) is 4.79 Å². The van der Waals surface area contributed by atoms with Crippen molar-refractivity contribution in [3.8, 4) is 0 Å². The van der Waals surface area contributed by atoms with Crippen LogP contribution in [-0.2, 0) is 17.8 Å². The first-order chi connectivity index (χ1) is 17.0. The van der Waals surface area contributed by atoms with Crippen LogP contribution < -0.4 is 10.5 Å². The molecule has 35 heavy (non-hydrogen) atoms. The number of ether oxygens (including phenoxy) is 1. The summed E-state index contributed by atoms with van der Waals surface area (Å²) in [4.78, 5) is 25.9. The average Bonchev–Trinajstić information content (AvgIpc) is 2.88. The minimum absolute atomic E-state index is 0.0581. The number of nitrogens with zero attached hydrogens (tertiary/aromatic N) is 5. The Hall–Kier alpha value is -3.00. The van der Waals surface area contributed by atoms with Gasteiger partial charge in [0.1, 0.15) is 0 Å². The molecule has 0 N–H and O–H groups in total. The molecular weight excluding hydrogens is 438 g/mol. The molecule has 0 atom stereocenters. The highest BCUT2D eigenvalue weighted by atomic mass is 16.5. The number of benzene rings is 2. The van der Waals surface area contributed by atoms with E-state index in [1.54, 1.807) is 0 Å². The van der Waals surface area contributed by atoms with E-state index in [4.69, 9.17) is 9.72 Å². The molecule has 0 radical (unpaired) electrons. The summed E-state index contributed by atoms with van der Waals surface area (Å²) in [7, 11) is 0. The molecule has 7 heteroatoms. The van der Waals surface area contributed by atoms with Crippen molar-refractivity contribution in [2.75, 3.05) is 51.0 Å². The Labute approximate surface area is 207 Å². The van der Waals surface area contributed by atoms with Crippen LogP contribution >= 0.6 is 0 Å². The Morgan fingerprint density at radius 1 is 0.886 bits per heavy atom. The number of hydrogen-bond donors (Lipinski definition) is 0. The molecule has 3 aromatic rings. The van der Waals surface area contributed by atoms with Crippen molar-refractivity contribution >= 4 is 11.6 Å². The van der Waals surface area contributed by atoms with Gasteiger partial charge < -0.3 is 4.74 Å². The first-order valence-electron chi connectivity index (χ1n) is 12.5. The van der Waals surface area contributed by atoms with Gasteiger partial charge in [-0.3, -0.25) is 24.1 Å². The Balaban J connectivity index is 1.51. The molecule has 0 bridgehead atoms. The van der Waals surface area contributed by atoms with Crippen LogP contribution in [0.25, 0.3) is 0 Å². The normalized spacial score (nSPS) is 16.9. The average molecular weight is 474 g/mol. The summed E-state index contributed by atoms with van der Waals surface area (Å²) in [5.41, 5.74) is 6.33. The van der Waals surface area contributed by atoms with Gasteiger partial charge in [0.15, 0.2) is 0 Å². The van der Waals surface area contributed by atoms with E-state index >= 15 is 0 Å². The fourth-order valence-electron chi connectivity index (χ4n) is 4.99. The van der Waals surface area contributed by atoms with Crippen molar-refractivity contribution in [1.82, 2.24) is 19.4 Å². The Kier molecular flexibility index (Phi) is 7.00. The number of morpholine rings is 1. The number of aryl methyl sites for hydroxylation is 2. The van der Waals surface area contributed by atoms with E-state index in [2.05, 4.69) is 58.9 Å². The molecule has 7 nitrogen and oxygen atoms in total. The van der Waals surface area contributed by atoms with Crippen LogP contribution in [0, 0.1) is 20.8 Å². The molecule has 0 spiro atoms. The van der Waals surface area contributed by atoms with E-state index in [0.29, 0.717) is 19.8 Å². The first kappa shape index (κ1) is 23.7. The Bertz CT molecular complexity index is 1230. The van der Waals surface area contributed by atoms with Crippen molar-refractivity contribution in [2.45, 2.75) is 33.9 Å². The number of anilines is 2. The zero-order chi connectivity index (χ0) is 24.4. The maximum Gasteiger partial charge on any atom is 0.259 e. The topological polar surface area (TPSA) is 53.8 Å². The SMILES string of the molecule is Cc1cccc(N2CN(CCN3CCOCC3)Cn3c2nc(C)c(Cc2ccccc2)c3=O)c1C. The van der Waals surface area contributed by atoms with Gasteiger partial charge in [-0.05, 0) is 43.5 Å². The molecule has 0 amide bonds. The van der Waals surface area contributed by atoms with Gasteiger partial charge in [-0.2, -0.15) is 0 Å². The lowest BCUT2D eigenvalue weighted by Crippen LogP contribution is -2.50. The number of hydrogen-bond acceptors (Lipinski definition) is 6. The van der Waals surface area contributed by atoms with Crippen LogP contribution in [0.5, 0.6) is 0 Å². The van der Waals surface area contributed by atoms with Gasteiger partial charge in [-0.1, -0.05) is 42.5 Å². The molecule has 2 aliphatic heterocycles. The lowest BCUT2D eigenvalue weighted by Gasteiger charge is -2.40. The van der Waals surface area contributed by atoms with Crippen LogP contribution in [0.4, 0.5) is 11.6 Å². The maximum atomic E-state index is 13.9. The van der Waals surface area contributed by atoms with E-state index in [-0.39, 0.29) is 5.56 Å². The minimum Gasteiger partial charge on any atom is -0.379 e. The van der Waals surface area contributed by atoms with Gasteiger partial charge in [-0.25, -0.2) is 4.98 Å². The summed E-state index contributed by atoms with van der Waals surface area (Å²) in [5.74, 6) is 0.737. The quantitative estimate of drug-likeness (QED) is 0.547. The summed E-state index contributed by atoms with van der Waals surface area (Å²) >= 11 is 0. The van der Waals surface area contributed by atoms with Crippen molar-refractivity contribution in [3.05, 3.63) is 86.8 Å². The summed E-state index contributed by atoms with van der Waals surface area (Å²) in [6.07, 6.45) is 0.593. The van der Waals surface area contributed by atoms with Crippen molar-refractivity contribution in [1.29, 1.82) is 0 Å². The molecular formula is C28H35N5O2. The molecule has 1 saturated heterocycles. The summed E-state index contributed by atoms with van der Waals surface area (Å²) in [6, 6.07) is 16.5. The third-order valence-corrected chi connectivity index (χ3v) is 7.30. The van der Waals surface area contributed by atoms with Crippen LogP contribution in [0.1, 0.15) is 27.9 Å². The highest BCUT2D eigenvalue weighted by Crippen LogP contribution is 2.31. The van der Waals surface area contributed by atoms with Crippen LogP contribution in [-0.4, -0.2) is 65.4 Å². The van der Waals surface area contributed by atoms with Gasteiger partial charge in [0.25, 0.3) is 5.56 Å². The molecule has 0 aliphatic carbocycles. The highest BCUT2D eigenvalue weighted by Gasteiger charge is 2.29. The first-order valence-corrected chi connectivity index (χ1v) is 12.5. The van der Waals surface area contributed by atoms with Crippen molar-refractivity contribution in [3.63, 3.8) is 0 Å². The molecule has 3 heterocycles. The number of fused-ring (bicyclic) bond motifs is 1. The summed E-state index contributed by atoms with van der Waals surface area (Å²) in [6.45, 7) is 12.9.